The molecule has 1 aliphatic heterocycles. The fraction of sp³-hybridized carbons (Fsp3) is 0.400. The second-order valence-electron chi connectivity index (χ2n) is 5.35. The minimum absolute atomic E-state index is 0. The van der Waals surface area contributed by atoms with Gasteiger partial charge >= 0.3 is 0 Å². The molecule has 9 heteroatoms. The van der Waals surface area contributed by atoms with Crippen molar-refractivity contribution in [3.8, 4) is 11.4 Å². The molecule has 0 bridgehead atoms. The van der Waals surface area contributed by atoms with Crippen molar-refractivity contribution in [2.75, 3.05) is 11.9 Å². The highest BCUT2D eigenvalue weighted by molar-refractivity contribution is 5.92. The molecule has 6 nitrogen and oxygen atoms in total. The molecule has 0 spiro atoms. The van der Waals surface area contributed by atoms with Crippen molar-refractivity contribution < 1.29 is 9.18 Å². The predicted octanol–water partition coefficient (Wildman–Crippen LogP) is 2.55. The van der Waals surface area contributed by atoms with E-state index in [-0.39, 0.29) is 43.1 Å². The Hall–Kier alpha value is -1.70. The van der Waals surface area contributed by atoms with Gasteiger partial charge in [0.2, 0.25) is 5.91 Å². The number of fused-ring (bicyclic) bond motifs is 1. The quantitative estimate of drug-likeness (QED) is 0.862. The minimum atomic E-state index is -0.384. The number of hydrogen-bond donors (Lipinski definition) is 2. The highest BCUT2D eigenvalue weighted by Crippen LogP contribution is 2.27. The maximum atomic E-state index is 14.2. The average Bonchev–Trinajstić information content (AvgIpc) is 2.77. The van der Waals surface area contributed by atoms with Gasteiger partial charge in [0.1, 0.15) is 11.6 Å². The first kappa shape index (κ1) is 20.3. The van der Waals surface area contributed by atoms with Crippen LogP contribution in [0.1, 0.15) is 25.1 Å². The summed E-state index contributed by atoms with van der Waals surface area (Å²) in [5, 5.41) is 11.0. The molecule has 1 aromatic heterocycles. The van der Waals surface area contributed by atoms with E-state index >= 15 is 0 Å². The van der Waals surface area contributed by atoms with Gasteiger partial charge in [0, 0.05) is 18.7 Å². The lowest BCUT2D eigenvalue weighted by Crippen LogP contribution is -2.21. The summed E-state index contributed by atoms with van der Waals surface area (Å²) in [5.41, 5.74) is 6.12. The molecular weight excluding hydrogens is 356 g/mol. The summed E-state index contributed by atoms with van der Waals surface area (Å²) in [4.78, 5) is 11.4. The fourth-order valence-corrected chi connectivity index (χ4v) is 2.67. The number of aromatic nitrogens is 3. The SMILES string of the molecule is Cl.Cl.NCC(=O)Nc1ccc(F)c(-c2nnc3n2CCCCC3)c1. The van der Waals surface area contributed by atoms with Crippen LogP contribution in [0.4, 0.5) is 10.1 Å². The maximum absolute atomic E-state index is 14.2. The summed E-state index contributed by atoms with van der Waals surface area (Å²) in [5.74, 6) is 0.698. The van der Waals surface area contributed by atoms with Crippen LogP contribution in [-0.2, 0) is 17.8 Å². The third-order valence-electron chi connectivity index (χ3n) is 3.79. The van der Waals surface area contributed by atoms with E-state index in [0.29, 0.717) is 17.1 Å². The number of benzene rings is 1. The summed E-state index contributed by atoms with van der Waals surface area (Å²) in [6, 6.07) is 4.40. The van der Waals surface area contributed by atoms with Crippen molar-refractivity contribution >= 4 is 36.4 Å². The molecule has 0 saturated heterocycles. The van der Waals surface area contributed by atoms with Gasteiger partial charge in [-0.15, -0.1) is 35.0 Å². The Morgan fingerprint density at radius 3 is 2.79 bits per heavy atom. The molecular formula is C15H20Cl2FN5O. The second-order valence-corrected chi connectivity index (χ2v) is 5.35. The highest BCUT2D eigenvalue weighted by atomic mass is 35.5. The molecule has 3 N–H and O–H groups in total. The van der Waals surface area contributed by atoms with Crippen LogP contribution in [0, 0.1) is 5.82 Å². The first-order valence-corrected chi connectivity index (χ1v) is 7.41. The first-order valence-electron chi connectivity index (χ1n) is 7.41. The first-order chi connectivity index (χ1) is 10.7. The van der Waals surface area contributed by atoms with E-state index in [1.54, 1.807) is 6.07 Å². The van der Waals surface area contributed by atoms with Crippen molar-refractivity contribution in [2.24, 2.45) is 5.73 Å². The monoisotopic (exact) mass is 375 g/mol. The zero-order valence-corrected chi connectivity index (χ0v) is 14.6. The molecule has 0 atom stereocenters. The Morgan fingerprint density at radius 1 is 1.25 bits per heavy atom. The molecule has 0 radical (unpaired) electrons. The molecule has 3 rings (SSSR count). The molecule has 1 amide bonds. The van der Waals surface area contributed by atoms with Crippen molar-refractivity contribution in [3.05, 3.63) is 29.8 Å². The van der Waals surface area contributed by atoms with Crippen LogP contribution in [0.5, 0.6) is 0 Å². The number of carbonyl (C=O) groups is 1. The van der Waals surface area contributed by atoms with Crippen LogP contribution in [-0.4, -0.2) is 27.2 Å². The number of amides is 1. The molecule has 132 valence electrons. The van der Waals surface area contributed by atoms with Crippen molar-refractivity contribution in [1.29, 1.82) is 0 Å². The van der Waals surface area contributed by atoms with Gasteiger partial charge in [-0.25, -0.2) is 4.39 Å². The number of anilines is 1. The van der Waals surface area contributed by atoms with E-state index in [2.05, 4.69) is 15.5 Å². The maximum Gasteiger partial charge on any atom is 0.238 e. The van der Waals surface area contributed by atoms with Crippen molar-refractivity contribution in [2.45, 2.75) is 32.2 Å². The Balaban J connectivity index is 0.00000144. The van der Waals surface area contributed by atoms with Gasteiger partial charge in [0.15, 0.2) is 5.82 Å². The fourth-order valence-electron chi connectivity index (χ4n) is 2.67. The lowest BCUT2D eigenvalue weighted by atomic mass is 10.1. The molecule has 1 aliphatic rings. The molecule has 0 saturated carbocycles. The Bertz CT molecular complexity index is 707. The van der Waals surface area contributed by atoms with Gasteiger partial charge in [0.05, 0.1) is 12.1 Å². The molecule has 24 heavy (non-hydrogen) atoms. The predicted molar refractivity (Wildman–Crippen MR) is 95.2 cm³/mol. The number of nitrogens with two attached hydrogens (primary N) is 1. The van der Waals surface area contributed by atoms with Crippen LogP contribution in [0.25, 0.3) is 11.4 Å². The van der Waals surface area contributed by atoms with E-state index < -0.39 is 0 Å². The summed E-state index contributed by atoms with van der Waals surface area (Å²) < 4.78 is 16.2. The zero-order chi connectivity index (χ0) is 15.5. The summed E-state index contributed by atoms with van der Waals surface area (Å²) in [6.07, 6.45) is 4.10. The Morgan fingerprint density at radius 2 is 2.04 bits per heavy atom. The lowest BCUT2D eigenvalue weighted by Gasteiger charge is -2.10. The molecule has 2 aromatic rings. The molecule has 2 heterocycles. The zero-order valence-electron chi connectivity index (χ0n) is 13.0. The van der Waals surface area contributed by atoms with Crippen molar-refractivity contribution in [3.63, 3.8) is 0 Å². The van der Waals surface area contributed by atoms with Gasteiger partial charge in [-0.2, -0.15) is 0 Å². The third-order valence-corrected chi connectivity index (χ3v) is 3.79. The van der Waals surface area contributed by atoms with Gasteiger partial charge in [-0.1, -0.05) is 6.42 Å². The Kier molecular flexibility index (Phi) is 7.59. The highest BCUT2D eigenvalue weighted by Gasteiger charge is 2.19. The summed E-state index contributed by atoms with van der Waals surface area (Å²) in [6.45, 7) is 0.670. The largest absolute Gasteiger partial charge is 0.325 e. The Labute approximate surface area is 151 Å². The molecule has 0 unspecified atom stereocenters. The van der Waals surface area contributed by atoms with Crippen molar-refractivity contribution in [1.82, 2.24) is 14.8 Å². The van der Waals surface area contributed by atoms with Crippen LogP contribution in [0.15, 0.2) is 18.2 Å². The van der Waals surface area contributed by atoms with E-state index in [0.717, 1.165) is 38.1 Å². The second kappa shape index (κ2) is 8.96. The number of aryl methyl sites for hydroxylation is 1. The number of nitrogens with one attached hydrogen (secondary N) is 1. The number of halogens is 3. The molecule has 0 aliphatic carbocycles. The number of carbonyl (C=O) groups excluding carboxylic acids is 1. The van der Waals surface area contributed by atoms with Gasteiger partial charge < -0.3 is 15.6 Å². The van der Waals surface area contributed by atoms with Gasteiger partial charge in [-0.3, -0.25) is 4.79 Å². The van der Waals surface area contributed by atoms with E-state index in [4.69, 9.17) is 5.73 Å². The number of rotatable bonds is 3. The van der Waals surface area contributed by atoms with Crippen LogP contribution in [0.2, 0.25) is 0 Å². The number of hydrogen-bond acceptors (Lipinski definition) is 4. The van der Waals surface area contributed by atoms with E-state index in [1.807, 2.05) is 4.57 Å². The normalized spacial score (nSPS) is 13.1. The summed E-state index contributed by atoms with van der Waals surface area (Å²) >= 11 is 0. The molecule has 0 fully saturated rings. The van der Waals surface area contributed by atoms with E-state index in [1.165, 1.54) is 12.1 Å². The average molecular weight is 376 g/mol. The molecule has 1 aromatic carbocycles. The van der Waals surface area contributed by atoms with Crippen LogP contribution in [0.3, 0.4) is 0 Å². The van der Waals surface area contributed by atoms with Crippen LogP contribution < -0.4 is 11.1 Å². The topological polar surface area (TPSA) is 85.8 Å². The van der Waals surface area contributed by atoms with Crippen LogP contribution >= 0.6 is 24.8 Å². The van der Waals surface area contributed by atoms with E-state index in [9.17, 15) is 9.18 Å². The third kappa shape index (κ3) is 4.23. The van der Waals surface area contributed by atoms with Gasteiger partial charge in [0.25, 0.3) is 0 Å². The smallest absolute Gasteiger partial charge is 0.238 e. The number of nitrogens with zero attached hydrogens (tertiary/aromatic N) is 3. The lowest BCUT2D eigenvalue weighted by molar-refractivity contribution is -0.114. The minimum Gasteiger partial charge on any atom is -0.325 e. The standard InChI is InChI=1S/C15H18FN5O.2ClH/c16-12-6-5-10(18-14(22)9-17)8-11(12)15-20-19-13-4-2-1-3-7-21(13)15;;/h5-6,8H,1-4,7,9,17H2,(H,18,22);2*1H. The van der Waals surface area contributed by atoms with Gasteiger partial charge in [-0.05, 0) is 31.0 Å². The summed E-state index contributed by atoms with van der Waals surface area (Å²) in [7, 11) is 0.